The van der Waals surface area contributed by atoms with Crippen molar-refractivity contribution in [3.8, 4) is 16.3 Å². The van der Waals surface area contributed by atoms with Crippen molar-refractivity contribution in [1.29, 1.82) is 0 Å². The van der Waals surface area contributed by atoms with E-state index >= 15 is 0 Å². The van der Waals surface area contributed by atoms with Gasteiger partial charge in [-0.25, -0.2) is 9.78 Å². The lowest BCUT2D eigenvalue weighted by Crippen LogP contribution is -2.30. The summed E-state index contributed by atoms with van der Waals surface area (Å²) in [5, 5.41) is 5.50. The monoisotopic (exact) mass is 416 g/mol. The van der Waals surface area contributed by atoms with E-state index in [2.05, 4.69) is 10.3 Å². The molecule has 1 heterocycles. The average Bonchev–Trinajstić information content (AvgIpc) is 3.18. The van der Waals surface area contributed by atoms with Crippen LogP contribution in [0.1, 0.15) is 17.4 Å². The summed E-state index contributed by atoms with van der Waals surface area (Å²) in [6.07, 6.45) is -0.991. The third-order valence-electron chi connectivity index (χ3n) is 3.78. The van der Waals surface area contributed by atoms with Gasteiger partial charge in [0.25, 0.3) is 5.91 Å². The molecular formula is C20H17ClN2O4S. The zero-order valence-corrected chi connectivity index (χ0v) is 16.7. The summed E-state index contributed by atoms with van der Waals surface area (Å²) >= 11 is 7.28. The van der Waals surface area contributed by atoms with Crippen LogP contribution in [0.5, 0.6) is 5.75 Å². The smallest absolute Gasteiger partial charge is 0.358 e. The second kappa shape index (κ2) is 8.86. The van der Waals surface area contributed by atoms with Crippen LogP contribution in [0.25, 0.3) is 10.6 Å². The van der Waals surface area contributed by atoms with Crippen molar-refractivity contribution in [1.82, 2.24) is 4.98 Å². The third kappa shape index (κ3) is 4.88. The summed E-state index contributed by atoms with van der Waals surface area (Å²) in [4.78, 5) is 28.9. The summed E-state index contributed by atoms with van der Waals surface area (Å²) in [6, 6.07) is 14.1. The lowest BCUT2D eigenvalue weighted by atomic mass is 10.2. The molecule has 2 aromatic carbocycles. The Balaban J connectivity index is 1.63. The van der Waals surface area contributed by atoms with Crippen LogP contribution in [0.3, 0.4) is 0 Å². The summed E-state index contributed by atoms with van der Waals surface area (Å²) in [7, 11) is 1.54. The molecule has 3 aromatic rings. The molecule has 1 amide bonds. The number of amides is 1. The average molecular weight is 417 g/mol. The number of nitrogens with zero attached hydrogens (tertiary/aromatic N) is 1. The molecule has 3 rings (SSSR count). The van der Waals surface area contributed by atoms with Crippen molar-refractivity contribution >= 4 is 40.5 Å². The fraction of sp³-hybridized carbons (Fsp3) is 0.150. The maximum absolute atomic E-state index is 12.3. The molecule has 0 spiro atoms. The highest BCUT2D eigenvalue weighted by atomic mass is 35.5. The van der Waals surface area contributed by atoms with E-state index in [0.717, 1.165) is 5.56 Å². The Morgan fingerprint density at radius 3 is 2.71 bits per heavy atom. The predicted molar refractivity (Wildman–Crippen MR) is 109 cm³/mol. The number of carbonyl (C=O) groups is 2. The normalized spacial score (nSPS) is 11.5. The first-order chi connectivity index (χ1) is 13.5. The minimum Gasteiger partial charge on any atom is -0.497 e. The number of carbonyl (C=O) groups excluding carboxylic acids is 2. The number of methoxy groups -OCH3 is 1. The highest BCUT2D eigenvalue weighted by Gasteiger charge is 2.21. The van der Waals surface area contributed by atoms with Gasteiger partial charge < -0.3 is 14.8 Å². The van der Waals surface area contributed by atoms with Gasteiger partial charge in [0.1, 0.15) is 10.8 Å². The van der Waals surface area contributed by atoms with Gasteiger partial charge in [-0.05, 0) is 31.2 Å². The molecule has 0 aliphatic heterocycles. The molecule has 0 aliphatic rings. The number of hydrogen-bond donors (Lipinski definition) is 1. The van der Waals surface area contributed by atoms with Gasteiger partial charge in [-0.1, -0.05) is 29.8 Å². The second-order valence-corrected chi connectivity index (χ2v) is 7.11. The van der Waals surface area contributed by atoms with E-state index in [1.807, 2.05) is 12.1 Å². The number of halogens is 1. The van der Waals surface area contributed by atoms with Gasteiger partial charge in [0.2, 0.25) is 0 Å². The highest BCUT2D eigenvalue weighted by Crippen LogP contribution is 2.26. The SMILES string of the molecule is COc1cccc(NC(=O)[C@@H](C)OC(=O)c2csc(-c3cccc(Cl)c3)n2)c1. The molecule has 1 atom stereocenters. The largest absolute Gasteiger partial charge is 0.497 e. The minimum atomic E-state index is -0.991. The van der Waals surface area contributed by atoms with Crippen LogP contribution in [0, 0.1) is 0 Å². The van der Waals surface area contributed by atoms with Crippen LogP contribution in [-0.2, 0) is 9.53 Å². The number of aromatic nitrogens is 1. The number of benzene rings is 2. The topological polar surface area (TPSA) is 77.5 Å². The molecule has 1 aromatic heterocycles. The van der Waals surface area contributed by atoms with Gasteiger partial charge in [-0.15, -0.1) is 11.3 Å². The molecular weight excluding hydrogens is 400 g/mol. The maximum Gasteiger partial charge on any atom is 0.358 e. The van der Waals surface area contributed by atoms with Crippen molar-refractivity contribution in [3.05, 3.63) is 64.6 Å². The van der Waals surface area contributed by atoms with Crippen molar-refractivity contribution < 1.29 is 19.1 Å². The van der Waals surface area contributed by atoms with E-state index in [1.165, 1.54) is 25.4 Å². The van der Waals surface area contributed by atoms with Crippen molar-refractivity contribution in [3.63, 3.8) is 0 Å². The molecule has 8 heteroatoms. The Morgan fingerprint density at radius 2 is 1.96 bits per heavy atom. The maximum atomic E-state index is 12.3. The number of hydrogen-bond acceptors (Lipinski definition) is 6. The highest BCUT2D eigenvalue weighted by molar-refractivity contribution is 7.13. The van der Waals surface area contributed by atoms with E-state index in [-0.39, 0.29) is 5.69 Å². The summed E-state index contributed by atoms with van der Waals surface area (Å²) in [6.45, 7) is 1.50. The molecule has 28 heavy (non-hydrogen) atoms. The lowest BCUT2D eigenvalue weighted by Gasteiger charge is -2.13. The van der Waals surface area contributed by atoms with Crippen LogP contribution in [0.4, 0.5) is 5.69 Å². The number of esters is 1. The van der Waals surface area contributed by atoms with Gasteiger partial charge in [0.15, 0.2) is 11.8 Å². The third-order valence-corrected chi connectivity index (χ3v) is 4.90. The summed E-state index contributed by atoms with van der Waals surface area (Å²) < 4.78 is 10.3. The molecule has 0 unspecified atom stereocenters. The van der Waals surface area contributed by atoms with Gasteiger partial charge in [-0.2, -0.15) is 0 Å². The Bertz CT molecular complexity index is 1010. The number of thiazole rings is 1. The number of rotatable bonds is 6. The van der Waals surface area contributed by atoms with Gasteiger partial charge in [-0.3, -0.25) is 4.79 Å². The molecule has 0 radical (unpaired) electrons. The molecule has 1 N–H and O–H groups in total. The fourth-order valence-electron chi connectivity index (χ4n) is 2.34. The van der Waals surface area contributed by atoms with E-state index < -0.39 is 18.0 Å². The molecule has 0 aliphatic carbocycles. The van der Waals surface area contributed by atoms with Gasteiger partial charge in [0, 0.05) is 27.7 Å². The van der Waals surface area contributed by atoms with Crippen LogP contribution in [-0.4, -0.2) is 30.1 Å². The Hall–Kier alpha value is -2.90. The first-order valence-corrected chi connectivity index (χ1v) is 9.59. The summed E-state index contributed by atoms with van der Waals surface area (Å²) in [5.74, 6) is -0.511. The molecule has 144 valence electrons. The zero-order valence-electron chi connectivity index (χ0n) is 15.1. The van der Waals surface area contributed by atoms with E-state index in [4.69, 9.17) is 21.1 Å². The minimum absolute atomic E-state index is 0.140. The van der Waals surface area contributed by atoms with Crippen LogP contribution >= 0.6 is 22.9 Å². The zero-order chi connectivity index (χ0) is 20.1. The van der Waals surface area contributed by atoms with Crippen LogP contribution in [0.2, 0.25) is 5.02 Å². The van der Waals surface area contributed by atoms with E-state index in [9.17, 15) is 9.59 Å². The lowest BCUT2D eigenvalue weighted by molar-refractivity contribution is -0.123. The fourth-order valence-corrected chi connectivity index (χ4v) is 3.32. The van der Waals surface area contributed by atoms with Crippen LogP contribution in [0.15, 0.2) is 53.9 Å². The summed E-state index contributed by atoms with van der Waals surface area (Å²) in [5.41, 5.74) is 1.49. The standard InChI is InChI=1S/C20H17ClN2O4S/c1-12(18(24)22-15-7-4-8-16(10-15)26-2)27-20(25)17-11-28-19(23-17)13-5-3-6-14(21)9-13/h3-12H,1-2H3,(H,22,24)/t12-/m1/s1. The first-order valence-electron chi connectivity index (χ1n) is 8.33. The van der Waals surface area contributed by atoms with Gasteiger partial charge >= 0.3 is 5.97 Å². The number of ether oxygens (including phenoxy) is 2. The van der Waals surface area contributed by atoms with Crippen molar-refractivity contribution in [2.24, 2.45) is 0 Å². The Kier molecular flexibility index (Phi) is 6.28. The van der Waals surface area contributed by atoms with Crippen LogP contribution < -0.4 is 10.1 Å². The molecule has 6 nitrogen and oxygen atoms in total. The van der Waals surface area contributed by atoms with Crippen molar-refractivity contribution in [2.45, 2.75) is 13.0 Å². The molecule has 0 fully saturated rings. The van der Waals surface area contributed by atoms with Crippen molar-refractivity contribution in [2.75, 3.05) is 12.4 Å². The Morgan fingerprint density at radius 1 is 1.18 bits per heavy atom. The second-order valence-electron chi connectivity index (χ2n) is 5.82. The molecule has 0 bridgehead atoms. The predicted octanol–water partition coefficient (Wildman–Crippen LogP) is 4.66. The molecule has 0 saturated carbocycles. The molecule has 0 saturated heterocycles. The van der Waals surface area contributed by atoms with Gasteiger partial charge in [0.05, 0.1) is 7.11 Å². The van der Waals surface area contributed by atoms with E-state index in [1.54, 1.807) is 41.8 Å². The number of nitrogens with one attached hydrogen (secondary N) is 1. The Labute approximate surface area is 171 Å². The number of anilines is 1. The first kappa shape index (κ1) is 19.9. The quantitative estimate of drug-likeness (QED) is 0.591. The van der Waals surface area contributed by atoms with E-state index in [0.29, 0.717) is 21.5 Å².